The van der Waals surface area contributed by atoms with Gasteiger partial charge in [-0.15, -0.1) is 0 Å². The minimum Gasteiger partial charge on any atom is -0.489 e. The van der Waals surface area contributed by atoms with Crippen LogP contribution in [0.4, 0.5) is 22.4 Å². The first-order valence-electron chi connectivity index (χ1n) is 11.5. The van der Waals surface area contributed by atoms with Gasteiger partial charge in [-0.2, -0.15) is 0 Å². The molecule has 1 atom stereocenters. The molecule has 1 saturated heterocycles. The number of alkyl halides is 2. The van der Waals surface area contributed by atoms with E-state index in [9.17, 15) is 27.2 Å². The van der Waals surface area contributed by atoms with Crippen LogP contribution < -0.4 is 10.1 Å². The molecule has 198 valence electrons. The highest BCUT2D eigenvalue weighted by atomic mass is 19.3. The summed E-state index contributed by atoms with van der Waals surface area (Å²) in [5.41, 5.74) is -0.537. The van der Waals surface area contributed by atoms with E-state index in [2.05, 4.69) is 5.32 Å². The van der Waals surface area contributed by atoms with Crippen LogP contribution in [0.2, 0.25) is 0 Å². The topological polar surface area (TPSA) is 81.0 Å². The molecular formula is C26H26F4N2O5. The number of nitrogens with zero attached hydrogens (tertiary/aromatic N) is 1. The summed E-state index contributed by atoms with van der Waals surface area (Å²) in [4.78, 5) is 26.2. The number of nitrogens with one attached hydrogen (secondary N) is 1. The van der Waals surface area contributed by atoms with Crippen molar-refractivity contribution in [1.29, 1.82) is 0 Å². The quantitative estimate of drug-likeness (QED) is 0.443. The number of amides is 2. The van der Waals surface area contributed by atoms with E-state index in [0.717, 1.165) is 11.0 Å². The van der Waals surface area contributed by atoms with Crippen LogP contribution in [0.1, 0.15) is 42.5 Å². The molecule has 2 aromatic carbocycles. The SMILES string of the molecule is Cc1oc2ccc(OCc3cccc(F)c3F)cc2c1C(=O)NC1CN(C(=O)OC(C)(C)C)CC1(F)F. The van der Waals surface area contributed by atoms with E-state index in [0.29, 0.717) is 5.58 Å². The van der Waals surface area contributed by atoms with Crippen molar-refractivity contribution in [2.75, 3.05) is 13.1 Å². The zero-order valence-corrected chi connectivity index (χ0v) is 20.7. The number of hydrogen-bond acceptors (Lipinski definition) is 5. The molecule has 1 N–H and O–H groups in total. The third kappa shape index (κ3) is 5.65. The van der Waals surface area contributed by atoms with E-state index in [1.165, 1.54) is 37.3 Å². The Morgan fingerprint density at radius 3 is 2.62 bits per heavy atom. The van der Waals surface area contributed by atoms with E-state index >= 15 is 0 Å². The van der Waals surface area contributed by atoms with Crippen LogP contribution in [0, 0.1) is 18.6 Å². The minimum absolute atomic E-state index is 0.000515. The molecule has 37 heavy (non-hydrogen) atoms. The number of hydrogen-bond donors (Lipinski definition) is 1. The zero-order chi connectivity index (χ0) is 27.1. The Morgan fingerprint density at radius 2 is 1.92 bits per heavy atom. The normalized spacial score (nSPS) is 17.2. The van der Waals surface area contributed by atoms with Crippen LogP contribution in [-0.2, 0) is 11.3 Å². The lowest BCUT2D eigenvalue weighted by Crippen LogP contribution is -2.46. The number of carbonyl (C=O) groups is 2. The van der Waals surface area contributed by atoms with Gasteiger partial charge < -0.3 is 19.2 Å². The summed E-state index contributed by atoms with van der Waals surface area (Å²) in [6, 6.07) is 6.57. The third-order valence-electron chi connectivity index (χ3n) is 5.76. The summed E-state index contributed by atoms with van der Waals surface area (Å²) in [5, 5.41) is 2.60. The largest absolute Gasteiger partial charge is 0.489 e. The van der Waals surface area contributed by atoms with E-state index in [4.69, 9.17) is 13.9 Å². The smallest absolute Gasteiger partial charge is 0.410 e. The van der Waals surface area contributed by atoms with Crippen molar-refractivity contribution in [2.45, 2.75) is 51.9 Å². The zero-order valence-electron chi connectivity index (χ0n) is 20.7. The lowest BCUT2D eigenvalue weighted by Gasteiger charge is -2.24. The molecule has 3 aromatic rings. The van der Waals surface area contributed by atoms with E-state index in [-0.39, 0.29) is 34.6 Å². The van der Waals surface area contributed by atoms with Gasteiger partial charge in [0.15, 0.2) is 11.6 Å². The molecule has 0 saturated carbocycles. The molecule has 1 aliphatic heterocycles. The van der Waals surface area contributed by atoms with Crippen molar-refractivity contribution >= 4 is 23.0 Å². The Balaban J connectivity index is 1.52. The second-order valence-electron chi connectivity index (χ2n) is 9.84. The fraction of sp³-hybridized carbons (Fsp3) is 0.385. The summed E-state index contributed by atoms with van der Waals surface area (Å²) in [5.74, 6) is -5.82. The Hall–Kier alpha value is -3.76. The van der Waals surface area contributed by atoms with E-state index < -0.39 is 54.3 Å². The van der Waals surface area contributed by atoms with Gasteiger partial charge in [-0.1, -0.05) is 12.1 Å². The standard InChI is InChI=1S/C26H26F4N2O5/c1-14-21(23(33)31-20-11-32(13-26(20,29)30)24(34)37-25(2,3)4)17-10-16(8-9-19(17)36-14)35-12-15-6-5-7-18(27)22(15)28/h5-10,20H,11-13H2,1-4H3,(H,31,33). The second kappa shape index (κ2) is 9.60. The number of furan rings is 1. The predicted octanol–water partition coefficient (Wildman–Crippen LogP) is 5.58. The molecule has 0 aliphatic carbocycles. The van der Waals surface area contributed by atoms with Crippen molar-refractivity contribution in [3.05, 3.63) is 64.9 Å². The monoisotopic (exact) mass is 522 g/mol. The van der Waals surface area contributed by atoms with Gasteiger partial charge in [0.25, 0.3) is 11.8 Å². The molecule has 4 rings (SSSR count). The Kier molecular flexibility index (Phi) is 6.83. The van der Waals surface area contributed by atoms with Crippen LogP contribution in [0.3, 0.4) is 0 Å². The maximum atomic E-state index is 14.7. The summed E-state index contributed by atoms with van der Waals surface area (Å²) in [6.45, 7) is 4.77. The van der Waals surface area contributed by atoms with Gasteiger partial charge in [-0.3, -0.25) is 9.69 Å². The van der Waals surface area contributed by atoms with Gasteiger partial charge in [0.05, 0.1) is 18.7 Å². The molecule has 0 radical (unpaired) electrons. The Labute approximate surface area is 210 Å². The van der Waals surface area contributed by atoms with Gasteiger partial charge in [0.1, 0.15) is 35.3 Å². The lowest BCUT2D eigenvalue weighted by molar-refractivity contribution is -0.0153. The summed E-state index contributed by atoms with van der Waals surface area (Å²) in [6.07, 6.45) is -0.898. The minimum atomic E-state index is -3.39. The summed E-state index contributed by atoms with van der Waals surface area (Å²) >= 11 is 0. The molecule has 1 aliphatic rings. The first kappa shape index (κ1) is 26.3. The molecule has 2 heterocycles. The highest BCUT2D eigenvalue weighted by Crippen LogP contribution is 2.32. The maximum absolute atomic E-state index is 14.7. The number of carbonyl (C=O) groups excluding carboxylic acids is 2. The van der Waals surface area contributed by atoms with Crippen molar-refractivity contribution < 1.29 is 41.0 Å². The van der Waals surface area contributed by atoms with Crippen molar-refractivity contribution in [3.8, 4) is 5.75 Å². The Bertz CT molecular complexity index is 1350. The highest BCUT2D eigenvalue weighted by Gasteiger charge is 2.51. The molecule has 1 unspecified atom stereocenters. The van der Waals surface area contributed by atoms with Crippen molar-refractivity contribution in [3.63, 3.8) is 0 Å². The second-order valence-corrected chi connectivity index (χ2v) is 9.84. The fourth-order valence-electron chi connectivity index (χ4n) is 4.02. The molecule has 1 aromatic heterocycles. The number of ether oxygens (including phenoxy) is 2. The summed E-state index contributed by atoms with van der Waals surface area (Å²) in [7, 11) is 0. The summed E-state index contributed by atoms with van der Waals surface area (Å²) < 4.78 is 73.1. The predicted molar refractivity (Wildman–Crippen MR) is 126 cm³/mol. The van der Waals surface area contributed by atoms with Gasteiger partial charge in [-0.05, 0) is 52.0 Å². The molecular weight excluding hydrogens is 496 g/mol. The number of rotatable bonds is 5. The van der Waals surface area contributed by atoms with Crippen LogP contribution >= 0.6 is 0 Å². The molecule has 7 nitrogen and oxygen atoms in total. The molecule has 0 bridgehead atoms. The number of fused-ring (bicyclic) bond motifs is 1. The van der Waals surface area contributed by atoms with E-state index in [1.54, 1.807) is 20.8 Å². The number of benzene rings is 2. The molecule has 2 amide bonds. The van der Waals surface area contributed by atoms with Crippen molar-refractivity contribution in [2.24, 2.45) is 0 Å². The van der Waals surface area contributed by atoms with Gasteiger partial charge >= 0.3 is 6.09 Å². The number of halogens is 4. The first-order valence-corrected chi connectivity index (χ1v) is 11.5. The van der Waals surface area contributed by atoms with Crippen LogP contribution in [-0.4, -0.2) is 47.6 Å². The van der Waals surface area contributed by atoms with Crippen molar-refractivity contribution in [1.82, 2.24) is 10.2 Å². The van der Waals surface area contributed by atoms with Crippen LogP contribution in [0.25, 0.3) is 11.0 Å². The lowest BCUT2D eigenvalue weighted by atomic mass is 10.1. The molecule has 11 heteroatoms. The fourth-order valence-corrected chi connectivity index (χ4v) is 4.02. The maximum Gasteiger partial charge on any atom is 0.410 e. The van der Waals surface area contributed by atoms with Gasteiger partial charge in [0.2, 0.25) is 0 Å². The molecule has 1 fully saturated rings. The van der Waals surface area contributed by atoms with Crippen LogP contribution in [0.5, 0.6) is 5.75 Å². The average Bonchev–Trinajstić information content (AvgIpc) is 3.28. The average molecular weight is 522 g/mol. The first-order chi connectivity index (χ1) is 17.2. The van der Waals surface area contributed by atoms with Crippen LogP contribution in [0.15, 0.2) is 40.8 Å². The van der Waals surface area contributed by atoms with Gasteiger partial charge in [0, 0.05) is 10.9 Å². The highest BCUT2D eigenvalue weighted by molar-refractivity contribution is 6.07. The number of aryl methyl sites for hydroxylation is 1. The van der Waals surface area contributed by atoms with Gasteiger partial charge in [-0.25, -0.2) is 22.4 Å². The third-order valence-corrected chi connectivity index (χ3v) is 5.76. The van der Waals surface area contributed by atoms with E-state index in [1.807, 2.05) is 0 Å². The Morgan fingerprint density at radius 1 is 1.19 bits per heavy atom. The molecule has 0 spiro atoms. The number of likely N-dealkylation sites (tertiary alicyclic amines) is 1.